The summed E-state index contributed by atoms with van der Waals surface area (Å²) < 4.78 is 13.3. The minimum atomic E-state index is -0.259. The number of halogens is 1. The van der Waals surface area contributed by atoms with Crippen molar-refractivity contribution in [3.8, 4) is 0 Å². The van der Waals surface area contributed by atoms with Crippen molar-refractivity contribution in [3.63, 3.8) is 0 Å². The molecule has 2 rings (SSSR count). The number of pyridine rings is 1. The minimum absolute atomic E-state index is 0.259. The van der Waals surface area contributed by atoms with Gasteiger partial charge in [0.15, 0.2) is 0 Å². The third kappa shape index (κ3) is 2.57. The van der Waals surface area contributed by atoms with Crippen LogP contribution < -0.4 is 10.2 Å². The van der Waals surface area contributed by atoms with Crippen LogP contribution in [0.15, 0.2) is 18.5 Å². The van der Waals surface area contributed by atoms with E-state index in [4.69, 9.17) is 0 Å². The van der Waals surface area contributed by atoms with Crippen LogP contribution in [0.3, 0.4) is 0 Å². The average Bonchev–Trinajstić information content (AvgIpc) is 2.37. The molecule has 17 heavy (non-hydrogen) atoms. The Hall–Kier alpha value is -1.16. The molecule has 0 bridgehead atoms. The van der Waals surface area contributed by atoms with Gasteiger partial charge >= 0.3 is 0 Å². The van der Waals surface area contributed by atoms with Gasteiger partial charge in [-0.2, -0.15) is 0 Å². The van der Waals surface area contributed by atoms with Gasteiger partial charge in [0, 0.05) is 31.2 Å². The maximum Gasteiger partial charge on any atom is 0.143 e. The second kappa shape index (κ2) is 5.45. The van der Waals surface area contributed by atoms with Crippen LogP contribution in [-0.2, 0) is 0 Å². The Balaban J connectivity index is 2.29. The van der Waals surface area contributed by atoms with E-state index in [0.717, 1.165) is 31.6 Å². The Labute approximate surface area is 102 Å². The summed E-state index contributed by atoms with van der Waals surface area (Å²) in [6.07, 6.45) is 5.13. The van der Waals surface area contributed by atoms with Crippen molar-refractivity contribution in [3.05, 3.63) is 24.3 Å². The summed E-state index contributed by atoms with van der Waals surface area (Å²) in [6.45, 7) is 6.27. The van der Waals surface area contributed by atoms with Gasteiger partial charge in [-0.25, -0.2) is 4.39 Å². The van der Waals surface area contributed by atoms with Crippen LogP contribution in [0.4, 0.5) is 10.1 Å². The van der Waals surface area contributed by atoms with Crippen LogP contribution in [0.25, 0.3) is 0 Å². The van der Waals surface area contributed by atoms with Crippen molar-refractivity contribution in [1.29, 1.82) is 0 Å². The SMILES string of the molecule is CCC1CNCC(CC)N1c1cncc(F)c1. The van der Waals surface area contributed by atoms with Gasteiger partial charge in [-0.3, -0.25) is 4.98 Å². The van der Waals surface area contributed by atoms with E-state index in [-0.39, 0.29) is 5.82 Å². The quantitative estimate of drug-likeness (QED) is 0.873. The molecule has 0 spiro atoms. The first-order valence-electron chi connectivity index (χ1n) is 6.35. The van der Waals surface area contributed by atoms with Crippen LogP contribution in [0.5, 0.6) is 0 Å². The van der Waals surface area contributed by atoms with E-state index in [1.807, 2.05) is 0 Å². The maximum absolute atomic E-state index is 13.3. The molecule has 1 saturated heterocycles. The number of rotatable bonds is 3. The van der Waals surface area contributed by atoms with Gasteiger partial charge in [0.2, 0.25) is 0 Å². The van der Waals surface area contributed by atoms with Gasteiger partial charge in [0.05, 0.1) is 18.1 Å². The highest BCUT2D eigenvalue weighted by atomic mass is 19.1. The normalized spacial score (nSPS) is 25.0. The van der Waals surface area contributed by atoms with Crippen molar-refractivity contribution in [2.45, 2.75) is 38.8 Å². The van der Waals surface area contributed by atoms with Gasteiger partial charge in [-0.15, -0.1) is 0 Å². The number of nitrogens with zero attached hydrogens (tertiary/aromatic N) is 2. The molecule has 1 N–H and O–H groups in total. The lowest BCUT2D eigenvalue weighted by atomic mass is 10.0. The molecule has 2 unspecified atom stereocenters. The molecule has 0 radical (unpaired) electrons. The highest BCUT2D eigenvalue weighted by molar-refractivity contribution is 5.47. The molecule has 4 heteroatoms. The second-order valence-corrected chi connectivity index (χ2v) is 4.55. The third-order valence-electron chi connectivity index (χ3n) is 3.48. The fourth-order valence-electron chi connectivity index (χ4n) is 2.56. The summed E-state index contributed by atoms with van der Waals surface area (Å²) in [5, 5.41) is 3.45. The van der Waals surface area contributed by atoms with Crippen molar-refractivity contribution in [2.75, 3.05) is 18.0 Å². The molecule has 1 aliphatic heterocycles. The molecule has 0 aliphatic carbocycles. The molecule has 1 aromatic rings. The molecule has 2 heterocycles. The van der Waals surface area contributed by atoms with Gasteiger partial charge in [-0.05, 0) is 12.8 Å². The second-order valence-electron chi connectivity index (χ2n) is 4.55. The van der Waals surface area contributed by atoms with Crippen LogP contribution in [0.1, 0.15) is 26.7 Å². The summed E-state index contributed by atoms with van der Waals surface area (Å²) in [5.41, 5.74) is 0.908. The predicted octanol–water partition coefficient (Wildman–Crippen LogP) is 2.19. The zero-order valence-corrected chi connectivity index (χ0v) is 10.5. The lowest BCUT2D eigenvalue weighted by Crippen LogP contribution is -2.57. The van der Waals surface area contributed by atoms with E-state index < -0.39 is 0 Å². The van der Waals surface area contributed by atoms with E-state index in [1.54, 1.807) is 12.3 Å². The van der Waals surface area contributed by atoms with Gasteiger partial charge < -0.3 is 10.2 Å². The van der Waals surface area contributed by atoms with E-state index in [9.17, 15) is 4.39 Å². The molecule has 1 aliphatic rings. The first kappa shape index (κ1) is 12.3. The van der Waals surface area contributed by atoms with Crippen LogP contribution in [0, 0.1) is 5.82 Å². The number of hydrogen-bond donors (Lipinski definition) is 1. The Morgan fingerprint density at radius 2 is 1.94 bits per heavy atom. The van der Waals surface area contributed by atoms with Crippen LogP contribution in [0.2, 0.25) is 0 Å². The summed E-state index contributed by atoms with van der Waals surface area (Å²) in [7, 11) is 0. The Morgan fingerprint density at radius 3 is 2.47 bits per heavy atom. The van der Waals surface area contributed by atoms with E-state index in [2.05, 4.69) is 29.0 Å². The van der Waals surface area contributed by atoms with Gasteiger partial charge in [0.1, 0.15) is 5.82 Å². The lowest BCUT2D eigenvalue weighted by Gasteiger charge is -2.43. The van der Waals surface area contributed by atoms with Crippen LogP contribution >= 0.6 is 0 Å². The molecular formula is C13H20FN3. The summed E-state index contributed by atoms with van der Waals surface area (Å²) in [6, 6.07) is 2.44. The van der Waals surface area contributed by atoms with E-state index in [1.165, 1.54) is 6.20 Å². The Kier molecular flexibility index (Phi) is 3.94. The monoisotopic (exact) mass is 237 g/mol. The van der Waals surface area contributed by atoms with E-state index in [0.29, 0.717) is 12.1 Å². The molecule has 94 valence electrons. The maximum atomic E-state index is 13.3. The van der Waals surface area contributed by atoms with Crippen molar-refractivity contribution >= 4 is 5.69 Å². The topological polar surface area (TPSA) is 28.2 Å². The number of aromatic nitrogens is 1. The molecule has 0 amide bonds. The number of piperazine rings is 1. The number of nitrogens with one attached hydrogen (secondary N) is 1. The predicted molar refractivity (Wildman–Crippen MR) is 67.7 cm³/mol. The summed E-state index contributed by atoms with van der Waals surface area (Å²) >= 11 is 0. The molecule has 0 saturated carbocycles. The fourth-order valence-corrected chi connectivity index (χ4v) is 2.56. The Bertz CT molecular complexity index is 357. The fraction of sp³-hybridized carbons (Fsp3) is 0.615. The molecule has 1 aromatic heterocycles. The number of hydrogen-bond acceptors (Lipinski definition) is 3. The van der Waals surface area contributed by atoms with Crippen LogP contribution in [-0.4, -0.2) is 30.2 Å². The third-order valence-corrected chi connectivity index (χ3v) is 3.48. The first-order chi connectivity index (χ1) is 8.26. The van der Waals surface area contributed by atoms with Crippen molar-refractivity contribution in [2.24, 2.45) is 0 Å². The first-order valence-corrected chi connectivity index (χ1v) is 6.35. The summed E-state index contributed by atoms with van der Waals surface area (Å²) in [4.78, 5) is 6.29. The zero-order valence-electron chi connectivity index (χ0n) is 10.5. The standard InChI is InChI=1S/C13H20FN3/c1-3-11-7-16-8-12(4-2)17(11)13-5-10(14)6-15-9-13/h5-6,9,11-12,16H,3-4,7-8H2,1-2H3. The zero-order chi connectivity index (χ0) is 12.3. The van der Waals surface area contributed by atoms with Gasteiger partial charge in [0.25, 0.3) is 0 Å². The largest absolute Gasteiger partial charge is 0.362 e. The molecule has 3 nitrogen and oxygen atoms in total. The Morgan fingerprint density at radius 1 is 1.29 bits per heavy atom. The van der Waals surface area contributed by atoms with Gasteiger partial charge in [-0.1, -0.05) is 13.8 Å². The summed E-state index contributed by atoms with van der Waals surface area (Å²) in [5.74, 6) is -0.259. The smallest absolute Gasteiger partial charge is 0.143 e. The molecular weight excluding hydrogens is 217 g/mol. The number of anilines is 1. The molecule has 1 fully saturated rings. The minimum Gasteiger partial charge on any atom is -0.362 e. The molecule has 2 atom stereocenters. The van der Waals surface area contributed by atoms with E-state index >= 15 is 0 Å². The lowest BCUT2D eigenvalue weighted by molar-refractivity contribution is 0.384. The average molecular weight is 237 g/mol. The molecule has 0 aromatic carbocycles. The highest BCUT2D eigenvalue weighted by Gasteiger charge is 2.28. The highest BCUT2D eigenvalue weighted by Crippen LogP contribution is 2.24. The van der Waals surface area contributed by atoms with Crippen molar-refractivity contribution < 1.29 is 4.39 Å². The van der Waals surface area contributed by atoms with Crippen molar-refractivity contribution in [1.82, 2.24) is 10.3 Å².